The molecule has 1 atom stereocenters. The summed E-state index contributed by atoms with van der Waals surface area (Å²) in [4.78, 5) is 24.8. The molecule has 0 unspecified atom stereocenters. The predicted molar refractivity (Wildman–Crippen MR) is 93.8 cm³/mol. The number of piperazine rings is 1. The Bertz CT molecular complexity index is 706. The number of hydrogen-bond donors (Lipinski definition) is 1. The molecule has 1 saturated heterocycles. The number of carbonyl (C=O) groups is 1. The molecule has 1 fully saturated rings. The molecule has 3 heterocycles. The quantitative estimate of drug-likeness (QED) is 0.913. The minimum Gasteiger partial charge on any atom is -0.488 e. The standard InChI is InChI=1S/C18H21N5O2/c24-18(21-13-15-12-14-4-1-2-5-16(14)25-15)23-10-8-22(9-11-23)17-19-6-3-7-20-17/h1-7,15H,8-13H2,(H,21,24)/t15-/m1/s1. The average Bonchev–Trinajstić information content (AvgIpc) is 3.10. The zero-order chi connectivity index (χ0) is 17.1. The Labute approximate surface area is 146 Å². The number of nitrogens with one attached hydrogen (secondary N) is 1. The van der Waals surface area contributed by atoms with Crippen molar-refractivity contribution < 1.29 is 9.53 Å². The molecule has 2 aromatic rings. The second kappa shape index (κ2) is 6.96. The number of rotatable bonds is 3. The number of aromatic nitrogens is 2. The van der Waals surface area contributed by atoms with Crippen LogP contribution in [0.15, 0.2) is 42.7 Å². The van der Waals surface area contributed by atoms with Gasteiger partial charge in [-0.2, -0.15) is 0 Å². The highest BCUT2D eigenvalue weighted by Crippen LogP contribution is 2.27. The van der Waals surface area contributed by atoms with Gasteiger partial charge in [0.25, 0.3) is 0 Å². The Morgan fingerprint density at radius 2 is 1.88 bits per heavy atom. The van der Waals surface area contributed by atoms with E-state index in [-0.39, 0.29) is 12.1 Å². The summed E-state index contributed by atoms with van der Waals surface area (Å²) in [6.45, 7) is 3.33. The van der Waals surface area contributed by atoms with Crippen molar-refractivity contribution in [2.24, 2.45) is 0 Å². The van der Waals surface area contributed by atoms with Gasteiger partial charge in [-0.05, 0) is 17.7 Å². The number of urea groups is 1. The van der Waals surface area contributed by atoms with Gasteiger partial charge < -0.3 is 19.9 Å². The summed E-state index contributed by atoms with van der Waals surface area (Å²) < 4.78 is 5.86. The van der Waals surface area contributed by atoms with Crippen molar-refractivity contribution in [3.05, 3.63) is 48.3 Å². The van der Waals surface area contributed by atoms with Gasteiger partial charge in [-0.25, -0.2) is 14.8 Å². The molecule has 0 spiro atoms. The van der Waals surface area contributed by atoms with Crippen LogP contribution in [0.2, 0.25) is 0 Å². The zero-order valence-electron chi connectivity index (χ0n) is 14.0. The van der Waals surface area contributed by atoms with E-state index in [4.69, 9.17) is 4.74 Å². The molecule has 25 heavy (non-hydrogen) atoms. The van der Waals surface area contributed by atoms with E-state index in [2.05, 4.69) is 26.3 Å². The molecule has 7 heteroatoms. The van der Waals surface area contributed by atoms with Crippen LogP contribution in [0.5, 0.6) is 5.75 Å². The number of amides is 2. The van der Waals surface area contributed by atoms with Gasteiger partial charge in [0.1, 0.15) is 11.9 Å². The molecule has 0 radical (unpaired) electrons. The number of nitrogens with zero attached hydrogens (tertiary/aromatic N) is 4. The highest BCUT2D eigenvalue weighted by Gasteiger charge is 2.25. The van der Waals surface area contributed by atoms with Gasteiger partial charge in [0.15, 0.2) is 0 Å². The molecule has 1 N–H and O–H groups in total. The maximum atomic E-state index is 12.4. The average molecular weight is 339 g/mol. The molecule has 1 aromatic carbocycles. The molecule has 4 rings (SSSR count). The lowest BCUT2D eigenvalue weighted by atomic mass is 10.1. The van der Waals surface area contributed by atoms with Gasteiger partial charge in [-0.1, -0.05) is 18.2 Å². The maximum Gasteiger partial charge on any atom is 0.317 e. The first-order valence-corrected chi connectivity index (χ1v) is 8.59. The Kier molecular flexibility index (Phi) is 4.37. The lowest BCUT2D eigenvalue weighted by Crippen LogP contribution is -2.53. The number of fused-ring (bicyclic) bond motifs is 1. The number of anilines is 1. The summed E-state index contributed by atoms with van der Waals surface area (Å²) in [6.07, 6.45) is 4.33. The van der Waals surface area contributed by atoms with Crippen molar-refractivity contribution in [1.29, 1.82) is 0 Å². The van der Waals surface area contributed by atoms with Crippen molar-refractivity contribution in [1.82, 2.24) is 20.2 Å². The van der Waals surface area contributed by atoms with Crippen LogP contribution >= 0.6 is 0 Å². The molecule has 0 aliphatic carbocycles. The van der Waals surface area contributed by atoms with E-state index in [1.807, 2.05) is 23.1 Å². The van der Waals surface area contributed by atoms with Crippen LogP contribution in [-0.2, 0) is 6.42 Å². The fraction of sp³-hybridized carbons (Fsp3) is 0.389. The summed E-state index contributed by atoms with van der Waals surface area (Å²) >= 11 is 0. The van der Waals surface area contributed by atoms with Crippen LogP contribution in [0.3, 0.4) is 0 Å². The second-order valence-electron chi connectivity index (χ2n) is 6.26. The molecular formula is C18H21N5O2. The SMILES string of the molecule is O=C(NC[C@H]1Cc2ccccc2O1)N1CCN(c2ncccn2)CC1. The molecular weight excluding hydrogens is 318 g/mol. The monoisotopic (exact) mass is 339 g/mol. The highest BCUT2D eigenvalue weighted by molar-refractivity contribution is 5.74. The van der Waals surface area contributed by atoms with E-state index in [0.29, 0.717) is 19.6 Å². The van der Waals surface area contributed by atoms with Gasteiger partial charge in [-0.15, -0.1) is 0 Å². The molecule has 0 saturated carbocycles. The van der Waals surface area contributed by atoms with Crippen molar-refractivity contribution in [2.75, 3.05) is 37.6 Å². The number of ether oxygens (including phenoxy) is 1. The first-order valence-electron chi connectivity index (χ1n) is 8.59. The zero-order valence-corrected chi connectivity index (χ0v) is 14.0. The van der Waals surface area contributed by atoms with Gasteiger partial charge >= 0.3 is 6.03 Å². The third-order valence-corrected chi connectivity index (χ3v) is 4.60. The molecule has 7 nitrogen and oxygen atoms in total. The summed E-state index contributed by atoms with van der Waals surface area (Å²) in [5, 5.41) is 3.00. The molecule has 2 aliphatic heterocycles. The Hall–Kier alpha value is -2.83. The van der Waals surface area contributed by atoms with Gasteiger partial charge in [0, 0.05) is 45.0 Å². The second-order valence-corrected chi connectivity index (χ2v) is 6.26. The topological polar surface area (TPSA) is 70.6 Å². The molecule has 2 aliphatic rings. The number of carbonyl (C=O) groups excluding carboxylic acids is 1. The Morgan fingerprint density at radius 1 is 1.12 bits per heavy atom. The fourth-order valence-corrected chi connectivity index (χ4v) is 3.24. The van der Waals surface area contributed by atoms with Crippen LogP contribution in [0.25, 0.3) is 0 Å². The summed E-state index contributed by atoms with van der Waals surface area (Å²) in [5.41, 5.74) is 1.21. The largest absolute Gasteiger partial charge is 0.488 e. The van der Waals surface area contributed by atoms with Crippen LogP contribution in [0.1, 0.15) is 5.56 Å². The number of para-hydroxylation sites is 1. The van der Waals surface area contributed by atoms with Gasteiger partial charge in [0.05, 0.1) is 6.54 Å². The smallest absolute Gasteiger partial charge is 0.317 e. The van der Waals surface area contributed by atoms with Crippen LogP contribution in [0, 0.1) is 0 Å². The Balaban J connectivity index is 1.24. The van der Waals surface area contributed by atoms with Gasteiger partial charge in [0.2, 0.25) is 5.95 Å². The van der Waals surface area contributed by atoms with Crippen molar-refractivity contribution in [3.8, 4) is 5.75 Å². The molecule has 0 bridgehead atoms. The van der Waals surface area contributed by atoms with Crippen LogP contribution < -0.4 is 15.0 Å². The third kappa shape index (κ3) is 3.50. The van der Waals surface area contributed by atoms with E-state index in [1.165, 1.54) is 5.56 Å². The fourth-order valence-electron chi connectivity index (χ4n) is 3.24. The minimum atomic E-state index is -0.0341. The first-order chi connectivity index (χ1) is 12.3. The number of hydrogen-bond acceptors (Lipinski definition) is 5. The highest BCUT2D eigenvalue weighted by atomic mass is 16.5. The summed E-state index contributed by atoms with van der Waals surface area (Å²) in [6, 6.07) is 9.79. The van der Waals surface area contributed by atoms with Crippen molar-refractivity contribution in [2.45, 2.75) is 12.5 Å². The maximum absolute atomic E-state index is 12.4. The van der Waals surface area contributed by atoms with Gasteiger partial charge in [-0.3, -0.25) is 0 Å². The third-order valence-electron chi connectivity index (χ3n) is 4.60. The van der Waals surface area contributed by atoms with E-state index < -0.39 is 0 Å². The van der Waals surface area contributed by atoms with Crippen molar-refractivity contribution >= 4 is 12.0 Å². The Morgan fingerprint density at radius 3 is 2.64 bits per heavy atom. The molecule has 130 valence electrons. The molecule has 2 amide bonds. The molecule has 1 aromatic heterocycles. The van der Waals surface area contributed by atoms with E-state index in [1.54, 1.807) is 18.5 Å². The van der Waals surface area contributed by atoms with Crippen LogP contribution in [-0.4, -0.2) is 59.7 Å². The van der Waals surface area contributed by atoms with Crippen molar-refractivity contribution in [3.63, 3.8) is 0 Å². The lowest BCUT2D eigenvalue weighted by Gasteiger charge is -2.34. The van der Waals surface area contributed by atoms with E-state index in [0.717, 1.165) is 31.2 Å². The number of benzene rings is 1. The van der Waals surface area contributed by atoms with Crippen LogP contribution in [0.4, 0.5) is 10.7 Å². The first kappa shape index (κ1) is 15.7. The van der Waals surface area contributed by atoms with E-state index in [9.17, 15) is 4.79 Å². The minimum absolute atomic E-state index is 0.0142. The van der Waals surface area contributed by atoms with E-state index >= 15 is 0 Å². The lowest BCUT2D eigenvalue weighted by molar-refractivity contribution is 0.181. The normalized spacial score (nSPS) is 19.3. The summed E-state index contributed by atoms with van der Waals surface area (Å²) in [5.74, 6) is 1.65. The summed E-state index contributed by atoms with van der Waals surface area (Å²) in [7, 11) is 0. The predicted octanol–water partition coefficient (Wildman–Crippen LogP) is 1.31.